The predicted molar refractivity (Wildman–Crippen MR) is 89.1 cm³/mol. The lowest BCUT2D eigenvalue weighted by atomic mass is 10.0. The van der Waals surface area contributed by atoms with Crippen molar-refractivity contribution in [3.63, 3.8) is 0 Å². The van der Waals surface area contributed by atoms with Gasteiger partial charge in [0.2, 0.25) is 11.6 Å². The van der Waals surface area contributed by atoms with E-state index in [4.69, 9.17) is 0 Å². The molecule has 3 rings (SSSR count). The van der Waals surface area contributed by atoms with Crippen molar-refractivity contribution in [1.82, 2.24) is 14.9 Å². The maximum Gasteiger partial charge on any atom is 0.353 e. The van der Waals surface area contributed by atoms with Crippen LogP contribution >= 0.6 is 0 Å². The van der Waals surface area contributed by atoms with Gasteiger partial charge < -0.3 is 14.7 Å². The summed E-state index contributed by atoms with van der Waals surface area (Å²) in [5.74, 6) is 0.915. The van der Waals surface area contributed by atoms with Gasteiger partial charge in [-0.15, -0.1) is 0 Å². The molecule has 0 unspecified atom stereocenters. The van der Waals surface area contributed by atoms with Gasteiger partial charge in [0, 0.05) is 26.2 Å². The Hall–Kier alpha value is -1.96. The SMILES string of the molecule is CN1CCC(N(C)c2ncnc(N3CCCC3)c2[N+](=O)[O-])CC1. The third-order valence-corrected chi connectivity index (χ3v) is 4.94. The average molecular weight is 320 g/mol. The molecule has 0 bridgehead atoms. The van der Waals surface area contributed by atoms with Gasteiger partial charge in [-0.1, -0.05) is 0 Å². The number of aromatic nitrogens is 2. The van der Waals surface area contributed by atoms with Crippen LogP contribution < -0.4 is 9.80 Å². The summed E-state index contributed by atoms with van der Waals surface area (Å²) in [5.41, 5.74) is 0.0517. The summed E-state index contributed by atoms with van der Waals surface area (Å²) in [6, 6.07) is 0.284. The molecule has 0 saturated carbocycles. The summed E-state index contributed by atoms with van der Waals surface area (Å²) in [7, 11) is 4.02. The molecule has 8 heteroatoms. The van der Waals surface area contributed by atoms with Crippen LogP contribution in [0.3, 0.4) is 0 Å². The number of nitro groups is 1. The number of hydrogen-bond donors (Lipinski definition) is 0. The van der Waals surface area contributed by atoms with E-state index in [1.54, 1.807) is 0 Å². The molecule has 0 aliphatic carbocycles. The minimum atomic E-state index is -0.325. The average Bonchev–Trinajstić information content (AvgIpc) is 3.08. The second kappa shape index (κ2) is 6.66. The Morgan fingerprint density at radius 2 is 1.87 bits per heavy atom. The van der Waals surface area contributed by atoms with Crippen molar-refractivity contribution in [3.8, 4) is 0 Å². The Bertz CT molecular complexity index is 567. The molecule has 2 saturated heterocycles. The Morgan fingerprint density at radius 3 is 2.48 bits per heavy atom. The molecule has 23 heavy (non-hydrogen) atoms. The number of anilines is 2. The largest absolute Gasteiger partial charge is 0.353 e. The Morgan fingerprint density at radius 1 is 1.22 bits per heavy atom. The number of rotatable bonds is 4. The number of likely N-dealkylation sites (tertiary alicyclic amines) is 1. The van der Waals surface area contributed by atoms with E-state index < -0.39 is 0 Å². The van der Waals surface area contributed by atoms with Crippen molar-refractivity contribution in [2.75, 3.05) is 50.1 Å². The standard InChI is InChI=1S/C15H24N6O2/c1-18-9-5-12(6-10-18)19(2)14-13(21(22)23)15(17-11-16-14)20-7-3-4-8-20/h11-12H,3-10H2,1-2H3. The molecule has 8 nitrogen and oxygen atoms in total. The van der Waals surface area contributed by atoms with Crippen LogP contribution in [-0.2, 0) is 0 Å². The zero-order valence-corrected chi connectivity index (χ0v) is 13.8. The zero-order chi connectivity index (χ0) is 16.4. The van der Waals surface area contributed by atoms with E-state index >= 15 is 0 Å². The summed E-state index contributed by atoms with van der Waals surface area (Å²) >= 11 is 0. The van der Waals surface area contributed by atoms with Crippen molar-refractivity contribution in [2.24, 2.45) is 0 Å². The van der Waals surface area contributed by atoms with Crippen LogP contribution in [0.5, 0.6) is 0 Å². The minimum Gasteiger partial charge on any atom is -0.351 e. The first-order valence-corrected chi connectivity index (χ1v) is 8.23. The van der Waals surface area contributed by atoms with Crippen LogP contribution in [0.4, 0.5) is 17.3 Å². The van der Waals surface area contributed by atoms with E-state index in [9.17, 15) is 10.1 Å². The Kier molecular flexibility index (Phi) is 4.61. The van der Waals surface area contributed by atoms with E-state index in [-0.39, 0.29) is 16.7 Å². The van der Waals surface area contributed by atoms with Gasteiger partial charge in [-0.05, 0) is 45.8 Å². The molecule has 0 radical (unpaired) electrons. The number of hydrogen-bond acceptors (Lipinski definition) is 7. The second-order valence-corrected chi connectivity index (χ2v) is 6.47. The van der Waals surface area contributed by atoms with E-state index in [2.05, 4.69) is 21.9 Å². The summed E-state index contributed by atoms with van der Waals surface area (Å²) < 4.78 is 0. The molecule has 1 aromatic heterocycles. The molecule has 0 aromatic carbocycles. The van der Waals surface area contributed by atoms with Crippen LogP contribution in [-0.4, -0.2) is 66.1 Å². The maximum atomic E-state index is 11.7. The van der Waals surface area contributed by atoms with Crippen LogP contribution in [0.25, 0.3) is 0 Å². The van der Waals surface area contributed by atoms with Gasteiger partial charge in [-0.3, -0.25) is 10.1 Å². The highest BCUT2D eigenvalue weighted by Crippen LogP contribution is 2.36. The Labute approximate surface area is 136 Å². The fourth-order valence-electron chi connectivity index (χ4n) is 3.50. The molecule has 2 aliphatic heterocycles. The van der Waals surface area contributed by atoms with Gasteiger partial charge in [0.1, 0.15) is 6.33 Å². The smallest absolute Gasteiger partial charge is 0.351 e. The van der Waals surface area contributed by atoms with E-state index in [0.717, 1.165) is 51.9 Å². The quantitative estimate of drug-likeness (QED) is 0.614. The van der Waals surface area contributed by atoms with E-state index in [1.807, 2.05) is 16.8 Å². The molecule has 0 spiro atoms. The molecular formula is C15H24N6O2. The third kappa shape index (κ3) is 3.21. The third-order valence-electron chi connectivity index (χ3n) is 4.94. The summed E-state index contributed by atoms with van der Waals surface area (Å²) in [5, 5.41) is 11.7. The lowest BCUT2D eigenvalue weighted by Crippen LogP contribution is -2.42. The molecule has 0 atom stereocenters. The minimum absolute atomic E-state index is 0.0517. The lowest BCUT2D eigenvalue weighted by Gasteiger charge is -2.35. The molecule has 2 fully saturated rings. The molecule has 2 aliphatic rings. The second-order valence-electron chi connectivity index (χ2n) is 6.47. The summed E-state index contributed by atoms with van der Waals surface area (Å²) in [4.78, 5) is 26.1. The van der Waals surface area contributed by atoms with Crippen LogP contribution in [0.2, 0.25) is 0 Å². The monoisotopic (exact) mass is 320 g/mol. The first-order chi connectivity index (χ1) is 11.1. The van der Waals surface area contributed by atoms with Crippen LogP contribution in [0, 0.1) is 10.1 Å². The highest BCUT2D eigenvalue weighted by atomic mass is 16.6. The number of nitrogens with zero attached hydrogens (tertiary/aromatic N) is 6. The van der Waals surface area contributed by atoms with Gasteiger partial charge >= 0.3 is 5.69 Å². The van der Waals surface area contributed by atoms with Crippen molar-refractivity contribution in [2.45, 2.75) is 31.7 Å². The van der Waals surface area contributed by atoms with Crippen molar-refractivity contribution in [1.29, 1.82) is 0 Å². The Balaban J connectivity index is 1.91. The first kappa shape index (κ1) is 15.9. The van der Waals surface area contributed by atoms with Crippen LogP contribution in [0.15, 0.2) is 6.33 Å². The van der Waals surface area contributed by atoms with Crippen LogP contribution in [0.1, 0.15) is 25.7 Å². The first-order valence-electron chi connectivity index (χ1n) is 8.23. The fraction of sp³-hybridized carbons (Fsp3) is 0.733. The molecule has 3 heterocycles. The molecule has 0 N–H and O–H groups in total. The molecule has 1 aromatic rings. The zero-order valence-electron chi connectivity index (χ0n) is 13.8. The van der Waals surface area contributed by atoms with Gasteiger partial charge in [0.25, 0.3) is 0 Å². The molecule has 126 valence electrons. The highest BCUT2D eigenvalue weighted by molar-refractivity contribution is 5.71. The maximum absolute atomic E-state index is 11.7. The van der Waals surface area contributed by atoms with Crippen molar-refractivity contribution >= 4 is 17.3 Å². The topological polar surface area (TPSA) is 78.6 Å². The van der Waals surface area contributed by atoms with E-state index in [1.165, 1.54) is 6.33 Å². The predicted octanol–water partition coefficient (Wildman–Crippen LogP) is 1.52. The van der Waals surface area contributed by atoms with Gasteiger partial charge in [0.05, 0.1) is 4.92 Å². The van der Waals surface area contributed by atoms with E-state index in [0.29, 0.717) is 11.6 Å². The fourth-order valence-corrected chi connectivity index (χ4v) is 3.50. The molecular weight excluding hydrogens is 296 g/mol. The summed E-state index contributed by atoms with van der Waals surface area (Å²) in [6.07, 6.45) is 5.56. The van der Waals surface area contributed by atoms with Gasteiger partial charge in [0.15, 0.2) is 0 Å². The van der Waals surface area contributed by atoms with Gasteiger partial charge in [-0.25, -0.2) is 9.97 Å². The lowest BCUT2D eigenvalue weighted by molar-refractivity contribution is -0.383. The van der Waals surface area contributed by atoms with Crippen molar-refractivity contribution in [3.05, 3.63) is 16.4 Å². The normalized spacial score (nSPS) is 20.0. The van der Waals surface area contributed by atoms with Crippen molar-refractivity contribution < 1.29 is 4.92 Å². The van der Waals surface area contributed by atoms with Gasteiger partial charge in [-0.2, -0.15) is 0 Å². The number of piperidine rings is 1. The summed E-state index contributed by atoms with van der Waals surface area (Å²) in [6.45, 7) is 3.67. The highest BCUT2D eigenvalue weighted by Gasteiger charge is 2.32. The molecule has 0 amide bonds.